The largest absolute Gasteiger partial charge is 0.319 e. The Labute approximate surface area is 243 Å². The molecule has 0 aliphatic rings. The lowest BCUT2D eigenvalue weighted by Gasteiger charge is -2.18. The second-order valence-electron chi connectivity index (χ2n) is 8.65. The number of carbonyl (C=O) groups is 1. The maximum atomic E-state index is 13.7. The van der Waals surface area contributed by atoms with Gasteiger partial charge in [-0.3, -0.25) is 24.5 Å². The van der Waals surface area contributed by atoms with Crippen LogP contribution in [0, 0.1) is 17.0 Å². The number of nitrogens with one attached hydrogen (secondary N) is 1. The van der Waals surface area contributed by atoms with Gasteiger partial charge in [0.25, 0.3) is 5.69 Å². The number of thioether (sulfide) groups is 1. The van der Waals surface area contributed by atoms with E-state index in [4.69, 9.17) is 23.2 Å². The number of pyridine rings is 1. The van der Waals surface area contributed by atoms with Gasteiger partial charge in [-0.1, -0.05) is 71.4 Å². The molecule has 1 N–H and O–H groups in total. The van der Waals surface area contributed by atoms with Crippen molar-refractivity contribution in [2.45, 2.75) is 17.3 Å². The van der Waals surface area contributed by atoms with Crippen LogP contribution in [0.5, 0.6) is 0 Å². The van der Waals surface area contributed by atoms with E-state index in [9.17, 15) is 14.9 Å². The van der Waals surface area contributed by atoms with Gasteiger partial charge >= 0.3 is 0 Å². The maximum Gasteiger partial charge on any atom is 0.293 e. The number of nitro groups is 1. The number of hydrogen-bond acceptors (Lipinski definition) is 7. The molecule has 40 heavy (non-hydrogen) atoms. The summed E-state index contributed by atoms with van der Waals surface area (Å²) in [6.45, 7) is 1.75. The molecule has 2 heterocycles. The highest BCUT2D eigenvalue weighted by Crippen LogP contribution is 2.39. The van der Waals surface area contributed by atoms with E-state index in [2.05, 4.69) is 20.5 Å². The SMILES string of the molecule is Cc1ccc(NC(=O)C(Sc2nnc(-c3ccncc3)n2-c2ccc(Cl)c(Cl)c2)c2ccccc2)c([N+](=O)[O-])c1. The molecule has 0 fully saturated rings. The Hall–Kier alpha value is -4.25. The van der Waals surface area contributed by atoms with E-state index in [1.807, 2.05) is 30.3 Å². The molecule has 200 valence electrons. The minimum atomic E-state index is -0.835. The van der Waals surface area contributed by atoms with E-state index in [-0.39, 0.29) is 11.4 Å². The first kappa shape index (κ1) is 27.3. The Morgan fingerprint density at radius 1 is 0.975 bits per heavy atom. The normalized spacial score (nSPS) is 11.7. The van der Waals surface area contributed by atoms with E-state index in [0.717, 1.165) is 17.3 Å². The highest BCUT2D eigenvalue weighted by molar-refractivity contribution is 8.00. The predicted molar refractivity (Wildman–Crippen MR) is 156 cm³/mol. The Balaban J connectivity index is 1.59. The summed E-state index contributed by atoms with van der Waals surface area (Å²) < 4.78 is 1.78. The summed E-state index contributed by atoms with van der Waals surface area (Å²) in [5, 5.41) is 23.6. The van der Waals surface area contributed by atoms with Gasteiger partial charge in [-0.2, -0.15) is 0 Å². The van der Waals surface area contributed by atoms with Crippen molar-refractivity contribution in [3.63, 3.8) is 0 Å². The van der Waals surface area contributed by atoms with Gasteiger partial charge in [-0.25, -0.2) is 0 Å². The summed E-state index contributed by atoms with van der Waals surface area (Å²) in [4.78, 5) is 29.0. The molecule has 1 amide bonds. The maximum absolute atomic E-state index is 13.7. The summed E-state index contributed by atoms with van der Waals surface area (Å²) in [7, 11) is 0. The van der Waals surface area contributed by atoms with Crippen molar-refractivity contribution in [2.24, 2.45) is 0 Å². The Kier molecular flexibility index (Phi) is 8.11. The van der Waals surface area contributed by atoms with Crippen LogP contribution in [0.1, 0.15) is 16.4 Å². The molecule has 12 heteroatoms. The molecule has 2 aromatic heterocycles. The number of amides is 1. The minimum absolute atomic E-state index is 0.102. The topological polar surface area (TPSA) is 116 Å². The van der Waals surface area contributed by atoms with Gasteiger partial charge in [-0.05, 0) is 54.4 Å². The second-order valence-corrected chi connectivity index (χ2v) is 10.5. The van der Waals surface area contributed by atoms with Gasteiger partial charge in [0.05, 0.1) is 20.7 Å². The Morgan fingerprint density at radius 2 is 1.73 bits per heavy atom. The van der Waals surface area contributed by atoms with Gasteiger partial charge in [-0.15, -0.1) is 10.2 Å². The van der Waals surface area contributed by atoms with Crippen LogP contribution in [-0.2, 0) is 4.79 Å². The van der Waals surface area contributed by atoms with E-state index >= 15 is 0 Å². The van der Waals surface area contributed by atoms with Crippen LogP contribution in [-0.4, -0.2) is 30.6 Å². The summed E-state index contributed by atoms with van der Waals surface area (Å²) in [5.41, 5.74) is 2.67. The van der Waals surface area contributed by atoms with Crippen molar-refractivity contribution in [3.05, 3.63) is 123 Å². The first-order chi connectivity index (χ1) is 19.3. The zero-order valence-electron chi connectivity index (χ0n) is 20.9. The number of carbonyl (C=O) groups excluding carboxylic acids is 1. The standard InChI is InChI=1S/C28H20Cl2N6O3S/c1-17-7-10-23(24(15-17)36(38)39)32-27(37)25(18-5-3-2-4-6-18)40-28-34-33-26(19-11-13-31-14-12-19)35(28)20-8-9-21(29)22(30)16-20/h2-16,25H,1H3,(H,32,37). The first-order valence-corrected chi connectivity index (χ1v) is 13.5. The van der Waals surface area contributed by atoms with Crippen LogP contribution in [0.2, 0.25) is 10.0 Å². The molecule has 1 unspecified atom stereocenters. The molecule has 5 aromatic rings. The van der Waals surface area contributed by atoms with Crippen LogP contribution in [0.15, 0.2) is 96.4 Å². The van der Waals surface area contributed by atoms with Gasteiger partial charge in [0.1, 0.15) is 10.9 Å². The van der Waals surface area contributed by atoms with Crippen LogP contribution >= 0.6 is 35.0 Å². The molecule has 0 saturated carbocycles. The molecule has 0 bridgehead atoms. The zero-order valence-corrected chi connectivity index (χ0v) is 23.2. The fourth-order valence-corrected chi connectivity index (χ4v) is 5.34. The van der Waals surface area contributed by atoms with Gasteiger partial charge in [0, 0.05) is 24.0 Å². The van der Waals surface area contributed by atoms with Crippen LogP contribution in [0.25, 0.3) is 17.1 Å². The third kappa shape index (κ3) is 5.84. The van der Waals surface area contributed by atoms with Crippen molar-refractivity contribution in [2.75, 3.05) is 5.32 Å². The average molecular weight is 591 g/mol. The molecule has 0 radical (unpaired) electrons. The number of benzene rings is 3. The van der Waals surface area contributed by atoms with Crippen LogP contribution in [0.3, 0.4) is 0 Å². The van der Waals surface area contributed by atoms with Crippen molar-refractivity contribution < 1.29 is 9.72 Å². The van der Waals surface area contributed by atoms with Crippen LogP contribution < -0.4 is 5.32 Å². The molecule has 0 spiro atoms. The van der Waals surface area contributed by atoms with Gasteiger partial charge < -0.3 is 5.32 Å². The Morgan fingerprint density at radius 3 is 2.42 bits per heavy atom. The highest BCUT2D eigenvalue weighted by Gasteiger charge is 2.28. The lowest BCUT2D eigenvalue weighted by molar-refractivity contribution is -0.384. The molecule has 0 aliphatic heterocycles. The van der Waals surface area contributed by atoms with Gasteiger partial charge in [0.15, 0.2) is 11.0 Å². The number of nitrogens with zero attached hydrogens (tertiary/aromatic N) is 5. The summed E-state index contributed by atoms with van der Waals surface area (Å²) in [6, 6.07) is 22.5. The molecule has 9 nitrogen and oxygen atoms in total. The highest BCUT2D eigenvalue weighted by atomic mass is 35.5. The number of aryl methyl sites for hydroxylation is 1. The minimum Gasteiger partial charge on any atom is -0.319 e. The van der Waals surface area contributed by atoms with Crippen LogP contribution in [0.4, 0.5) is 11.4 Å². The molecule has 0 saturated heterocycles. The molecular weight excluding hydrogens is 571 g/mol. The molecule has 1 atom stereocenters. The van der Waals surface area contributed by atoms with Crippen molar-refractivity contribution in [3.8, 4) is 17.1 Å². The van der Waals surface area contributed by atoms with Gasteiger partial charge in [0.2, 0.25) is 5.91 Å². The first-order valence-electron chi connectivity index (χ1n) is 11.9. The molecule has 5 rings (SSSR count). The van der Waals surface area contributed by atoms with E-state index in [0.29, 0.717) is 37.8 Å². The number of halogens is 2. The third-order valence-corrected chi connectivity index (χ3v) is 7.84. The number of hydrogen-bond donors (Lipinski definition) is 1. The number of rotatable bonds is 8. The average Bonchev–Trinajstić information content (AvgIpc) is 3.38. The van der Waals surface area contributed by atoms with E-state index in [1.165, 1.54) is 12.1 Å². The fourth-order valence-electron chi connectivity index (χ4n) is 3.99. The third-order valence-electron chi connectivity index (χ3n) is 5.90. The quantitative estimate of drug-likeness (QED) is 0.114. The molecular formula is C28H20Cl2N6O3S. The van der Waals surface area contributed by atoms with Crippen molar-refractivity contribution in [1.29, 1.82) is 0 Å². The number of anilines is 1. The monoisotopic (exact) mass is 590 g/mol. The molecule has 0 aliphatic carbocycles. The lowest BCUT2D eigenvalue weighted by Crippen LogP contribution is -2.20. The van der Waals surface area contributed by atoms with E-state index < -0.39 is 16.1 Å². The zero-order chi connectivity index (χ0) is 28.2. The number of nitro benzene ring substituents is 1. The summed E-state index contributed by atoms with van der Waals surface area (Å²) >= 11 is 13.7. The second kappa shape index (κ2) is 11.9. The number of aromatic nitrogens is 4. The summed E-state index contributed by atoms with van der Waals surface area (Å²) in [6.07, 6.45) is 3.29. The Bertz CT molecular complexity index is 1700. The van der Waals surface area contributed by atoms with Crippen molar-refractivity contribution in [1.82, 2.24) is 19.7 Å². The van der Waals surface area contributed by atoms with E-state index in [1.54, 1.807) is 60.3 Å². The molecule has 3 aromatic carbocycles. The fraction of sp³-hybridized carbons (Fsp3) is 0.0714. The summed E-state index contributed by atoms with van der Waals surface area (Å²) in [5.74, 6) is 0.0435. The van der Waals surface area contributed by atoms with Crippen molar-refractivity contribution >= 4 is 52.2 Å². The lowest BCUT2D eigenvalue weighted by atomic mass is 10.1. The predicted octanol–water partition coefficient (Wildman–Crippen LogP) is 7.32. The smallest absolute Gasteiger partial charge is 0.293 e.